The molecule has 0 atom stereocenters. The van der Waals surface area contributed by atoms with Crippen molar-refractivity contribution in [1.29, 1.82) is 0 Å². The number of carbonyl (C=O) groups is 1. The normalized spacial score (nSPS) is 10.8. The smallest absolute Gasteiger partial charge is 0.253 e. The van der Waals surface area contributed by atoms with Crippen molar-refractivity contribution < 1.29 is 4.79 Å². The molecule has 0 radical (unpaired) electrons. The van der Waals surface area contributed by atoms with Crippen molar-refractivity contribution in [2.45, 2.75) is 20.0 Å². The van der Waals surface area contributed by atoms with Crippen LogP contribution in [-0.4, -0.2) is 37.8 Å². The van der Waals surface area contributed by atoms with Crippen molar-refractivity contribution in [3.05, 3.63) is 53.9 Å². The van der Waals surface area contributed by atoms with Gasteiger partial charge in [-0.15, -0.1) is 5.10 Å². The summed E-state index contributed by atoms with van der Waals surface area (Å²) in [6.07, 6.45) is 3.48. The number of carbonyl (C=O) groups excluding carboxylic acids is 1. The van der Waals surface area contributed by atoms with Crippen LogP contribution in [0, 0.1) is 0 Å². The molecule has 0 aliphatic rings. The van der Waals surface area contributed by atoms with E-state index >= 15 is 0 Å². The number of amides is 1. The van der Waals surface area contributed by atoms with E-state index in [0.717, 1.165) is 23.1 Å². The van der Waals surface area contributed by atoms with E-state index in [1.165, 1.54) is 0 Å². The molecule has 6 nitrogen and oxygen atoms in total. The molecule has 1 amide bonds. The van der Waals surface area contributed by atoms with Crippen molar-refractivity contribution in [3.8, 4) is 0 Å². The summed E-state index contributed by atoms with van der Waals surface area (Å²) in [5.74, 6) is -0.0446. The lowest BCUT2D eigenvalue weighted by atomic mass is 10.1. The van der Waals surface area contributed by atoms with Crippen molar-refractivity contribution >= 4 is 16.9 Å². The molecule has 112 valence electrons. The SMILES string of the molecule is CCn1nnc2cc(C(=O)N(C)Cc3cccnc3)ccc21. The fourth-order valence-corrected chi connectivity index (χ4v) is 2.40. The third-order valence-corrected chi connectivity index (χ3v) is 3.55. The number of pyridine rings is 1. The number of aromatic nitrogens is 4. The van der Waals surface area contributed by atoms with E-state index < -0.39 is 0 Å². The predicted molar refractivity (Wildman–Crippen MR) is 83.2 cm³/mol. The summed E-state index contributed by atoms with van der Waals surface area (Å²) in [6, 6.07) is 9.32. The molecular weight excluding hydrogens is 278 g/mol. The minimum absolute atomic E-state index is 0.0446. The lowest BCUT2D eigenvalue weighted by molar-refractivity contribution is 0.0785. The molecule has 22 heavy (non-hydrogen) atoms. The maximum absolute atomic E-state index is 12.5. The Kier molecular flexibility index (Phi) is 3.82. The number of hydrogen-bond donors (Lipinski definition) is 0. The fraction of sp³-hybridized carbons (Fsp3) is 0.250. The number of nitrogens with zero attached hydrogens (tertiary/aromatic N) is 5. The van der Waals surface area contributed by atoms with Gasteiger partial charge >= 0.3 is 0 Å². The zero-order valence-electron chi connectivity index (χ0n) is 12.6. The van der Waals surface area contributed by atoms with E-state index in [4.69, 9.17) is 0 Å². The zero-order chi connectivity index (χ0) is 15.5. The quantitative estimate of drug-likeness (QED) is 0.739. The van der Waals surface area contributed by atoms with Gasteiger partial charge in [0.2, 0.25) is 0 Å². The van der Waals surface area contributed by atoms with Crippen molar-refractivity contribution in [3.63, 3.8) is 0 Å². The molecule has 0 saturated heterocycles. The Labute approximate surface area is 128 Å². The highest BCUT2D eigenvalue weighted by molar-refractivity contribution is 5.97. The van der Waals surface area contributed by atoms with Crippen LogP contribution in [0.2, 0.25) is 0 Å². The summed E-state index contributed by atoms with van der Waals surface area (Å²) in [7, 11) is 1.78. The first-order valence-electron chi connectivity index (χ1n) is 7.16. The molecule has 3 aromatic rings. The molecular formula is C16H17N5O. The second kappa shape index (κ2) is 5.93. The van der Waals surface area contributed by atoms with Crippen molar-refractivity contribution in [1.82, 2.24) is 24.9 Å². The molecule has 6 heteroatoms. The molecule has 2 heterocycles. The highest BCUT2D eigenvalue weighted by Gasteiger charge is 2.14. The van der Waals surface area contributed by atoms with Crippen LogP contribution >= 0.6 is 0 Å². The van der Waals surface area contributed by atoms with Gasteiger partial charge in [0.15, 0.2) is 0 Å². The topological polar surface area (TPSA) is 63.9 Å². The number of hydrogen-bond acceptors (Lipinski definition) is 4. The molecule has 2 aromatic heterocycles. The molecule has 0 N–H and O–H groups in total. The first-order valence-corrected chi connectivity index (χ1v) is 7.16. The van der Waals surface area contributed by atoms with Gasteiger partial charge in [0, 0.05) is 38.1 Å². The molecule has 3 rings (SSSR count). The van der Waals surface area contributed by atoms with Crippen LogP contribution in [0.4, 0.5) is 0 Å². The summed E-state index contributed by atoms with van der Waals surface area (Å²) in [5, 5.41) is 8.17. The maximum atomic E-state index is 12.5. The Hall–Kier alpha value is -2.76. The first-order chi connectivity index (χ1) is 10.7. The predicted octanol–water partition coefficient (Wildman–Crippen LogP) is 2.12. The maximum Gasteiger partial charge on any atom is 0.253 e. The van der Waals surface area contributed by atoms with Gasteiger partial charge in [-0.25, -0.2) is 4.68 Å². The molecule has 0 saturated carbocycles. The average Bonchev–Trinajstić information content (AvgIpc) is 2.97. The summed E-state index contributed by atoms with van der Waals surface area (Å²) in [6.45, 7) is 3.28. The molecule has 0 unspecified atom stereocenters. The largest absolute Gasteiger partial charge is 0.337 e. The Bertz CT molecular complexity index is 797. The summed E-state index contributed by atoms with van der Waals surface area (Å²) >= 11 is 0. The van der Waals surface area contributed by atoms with Crippen LogP contribution in [-0.2, 0) is 13.1 Å². The minimum Gasteiger partial charge on any atom is -0.337 e. The van der Waals surface area contributed by atoms with Crippen LogP contribution in [0.5, 0.6) is 0 Å². The standard InChI is InChI=1S/C16H17N5O/c1-3-21-15-7-6-13(9-14(15)18-19-21)16(22)20(2)11-12-5-4-8-17-10-12/h4-10H,3,11H2,1-2H3. The van der Waals surface area contributed by atoms with Gasteiger partial charge < -0.3 is 4.90 Å². The monoisotopic (exact) mass is 295 g/mol. The fourth-order valence-electron chi connectivity index (χ4n) is 2.40. The third-order valence-electron chi connectivity index (χ3n) is 3.55. The molecule has 1 aromatic carbocycles. The summed E-state index contributed by atoms with van der Waals surface area (Å²) < 4.78 is 1.81. The van der Waals surface area contributed by atoms with Gasteiger partial charge in [-0.1, -0.05) is 11.3 Å². The van der Waals surface area contributed by atoms with Gasteiger partial charge in [-0.2, -0.15) is 0 Å². The molecule has 0 fully saturated rings. The minimum atomic E-state index is -0.0446. The third kappa shape index (κ3) is 2.67. The average molecular weight is 295 g/mol. The van der Waals surface area contributed by atoms with Gasteiger partial charge in [-0.05, 0) is 36.8 Å². The highest BCUT2D eigenvalue weighted by Crippen LogP contribution is 2.15. The van der Waals surface area contributed by atoms with Gasteiger partial charge in [-0.3, -0.25) is 9.78 Å². The van der Waals surface area contributed by atoms with Gasteiger partial charge in [0.05, 0.1) is 5.52 Å². The zero-order valence-corrected chi connectivity index (χ0v) is 12.6. The lowest BCUT2D eigenvalue weighted by Gasteiger charge is -2.17. The van der Waals surface area contributed by atoms with Crippen molar-refractivity contribution in [2.75, 3.05) is 7.05 Å². The number of benzene rings is 1. The molecule has 0 spiro atoms. The van der Waals surface area contributed by atoms with E-state index in [1.807, 2.05) is 35.9 Å². The van der Waals surface area contributed by atoms with Gasteiger partial charge in [0.1, 0.15) is 5.52 Å². The molecule has 0 aliphatic carbocycles. The van der Waals surface area contributed by atoms with Crippen LogP contribution in [0.1, 0.15) is 22.8 Å². The molecule has 0 aliphatic heterocycles. The highest BCUT2D eigenvalue weighted by atomic mass is 16.2. The van der Waals surface area contributed by atoms with Gasteiger partial charge in [0.25, 0.3) is 5.91 Å². The van der Waals surface area contributed by atoms with Crippen molar-refractivity contribution in [2.24, 2.45) is 0 Å². The lowest BCUT2D eigenvalue weighted by Crippen LogP contribution is -2.26. The van der Waals surface area contributed by atoms with Crippen LogP contribution in [0.15, 0.2) is 42.7 Å². The number of fused-ring (bicyclic) bond motifs is 1. The van der Waals surface area contributed by atoms with E-state index in [-0.39, 0.29) is 5.91 Å². The number of rotatable bonds is 4. The van der Waals surface area contributed by atoms with Crippen LogP contribution in [0.3, 0.4) is 0 Å². The number of aryl methyl sites for hydroxylation is 1. The Balaban J connectivity index is 1.82. The van der Waals surface area contributed by atoms with E-state index in [0.29, 0.717) is 12.1 Å². The molecule has 0 bridgehead atoms. The van der Waals surface area contributed by atoms with Crippen LogP contribution < -0.4 is 0 Å². The van der Waals surface area contributed by atoms with E-state index in [9.17, 15) is 4.79 Å². The second-order valence-electron chi connectivity index (χ2n) is 5.13. The Morgan fingerprint density at radius 1 is 1.32 bits per heavy atom. The Morgan fingerprint density at radius 3 is 2.91 bits per heavy atom. The van der Waals surface area contributed by atoms with E-state index in [2.05, 4.69) is 15.3 Å². The summed E-state index contributed by atoms with van der Waals surface area (Å²) in [4.78, 5) is 18.3. The van der Waals surface area contributed by atoms with E-state index in [1.54, 1.807) is 30.4 Å². The van der Waals surface area contributed by atoms with Crippen LogP contribution in [0.25, 0.3) is 11.0 Å². The summed E-state index contributed by atoms with van der Waals surface area (Å²) in [5.41, 5.74) is 3.29. The second-order valence-corrected chi connectivity index (χ2v) is 5.13. The Morgan fingerprint density at radius 2 is 2.18 bits per heavy atom. The first kappa shape index (κ1) is 14.2.